The summed E-state index contributed by atoms with van der Waals surface area (Å²) < 4.78 is 27.3. The minimum absolute atomic E-state index is 0.00756. The van der Waals surface area contributed by atoms with Crippen LogP contribution in [0, 0.1) is 0 Å². The molecule has 0 radical (unpaired) electrons. The maximum absolute atomic E-state index is 12.6. The van der Waals surface area contributed by atoms with Gasteiger partial charge < -0.3 is 5.11 Å². The van der Waals surface area contributed by atoms with E-state index in [2.05, 4.69) is 15.9 Å². The first-order valence-electron chi connectivity index (χ1n) is 5.95. The number of halogens is 1. The fourth-order valence-corrected chi connectivity index (χ4v) is 5.99. The summed E-state index contributed by atoms with van der Waals surface area (Å²) >= 11 is 5.07. The summed E-state index contributed by atoms with van der Waals surface area (Å²) in [6.45, 7) is 2.37. The van der Waals surface area contributed by atoms with Crippen LogP contribution in [-0.2, 0) is 16.6 Å². The van der Waals surface area contributed by atoms with E-state index in [1.54, 1.807) is 34.3 Å². The second-order valence-corrected chi connectivity index (χ2v) is 8.33. The van der Waals surface area contributed by atoms with Gasteiger partial charge in [0.15, 0.2) is 0 Å². The largest absolute Gasteiger partial charge is 0.392 e. The number of benzene rings is 1. The summed E-state index contributed by atoms with van der Waals surface area (Å²) in [7, 11) is -3.48. The van der Waals surface area contributed by atoms with Crippen molar-refractivity contribution < 1.29 is 13.5 Å². The Morgan fingerprint density at radius 1 is 1.53 bits per heavy atom. The van der Waals surface area contributed by atoms with Crippen molar-refractivity contribution in [3.63, 3.8) is 0 Å². The standard InChI is InChI=1S/C12H16BrNO3S2/c1-9-8-18-5-4-14(9)19(16,17)12-3-2-10(7-15)6-11(12)13/h2-3,6,9,15H,4-5,7-8H2,1H3. The fourth-order valence-electron chi connectivity index (χ4n) is 2.05. The van der Waals surface area contributed by atoms with Crippen molar-refractivity contribution in [2.45, 2.75) is 24.5 Å². The Balaban J connectivity index is 2.38. The number of thioether (sulfide) groups is 1. The van der Waals surface area contributed by atoms with Crippen molar-refractivity contribution in [2.75, 3.05) is 18.1 Å². The van der Waals surface area contributed by atoms with Crippen LogP contribution in [-0.4, -0.2) is 41.9 Å². The first kappa shape index (κ1) is 15.3. The molecule has 106 valence electrons. The molecule has 1 aliphatic heterocycles. The molecule has 1 aliphatic rings. The van der Waals surface area contributed by atoms with E-state index in [9.17, 15) is 8.42 Å². The molecule has 0 saturated carbocycles. The molecule has 0 aromatic heterocycles. The van der Waals surface area contributed by atoms with Crippen LogP contribution >= 0.6 is 27.7 Å². The van der Waals surface area contributed by atoms with Crippen LogP contribution in [0.15, 0.2) is 27.6 Å². The number of nitrogens with zero attached hydrogens (tertiary/aromatic N) is 1. The van der Waals surface area contributed by atoms with Crippen LogP contribution in [0.2, 0.25) is 0 Å². The summed E-state index contributed by atoms with van der Waals surface area (Å²) in [6.07, 6.45) is 0. The Kier molecular flexibility index (Phi) is 4.94. The zero-order valence-corrected chi connectivity index (χ0v) is 13.8. The van der Waals surface area contributed by atoms with Gasteiger partial charge in [-0.2, -0.15) is 16.1 Å². The summed E-state index contributed by atoms with van der Waals surface area (Å²) in [4.78, 5) is 0.267. The van der Waals surface area contributed by atoms with Gasteiger partial charge in [0.05, 0.1) is 11.5 Å². The molecule has 7 heteroatoms. The average molecular weight is 366 g/mol. The highest BCUT2D eigenvalue weighted by Crippen LogP contribution is 2.29. The SMILES string of the molecule is CC1CSCCN1S(=O)(=O)c1ccc(CO)cc1Br. The topological polar surface area (TPSA) is 57.6 Å². The van der Waals surface area contributed by atoms with Gasteiger partial charge in [0.25, 0.3) is 0 Å². The van der Waals surface area contributed by atoms with Crippen LogP contribution < -0.4 is 0 Å². The number of hydrogen-bond acceptors (Lipinski definition) is 4. The van der Waals surface area contributed by atoms with E-state index in [0.717, 1.165) is 11.5 Å². The van der Waals surface area contributed by atoms with E-state index in [0.29, 0.717) is 16.6 Å². The van der Waals surface area contributed by atoms with Crippen LogP contribution in [0.1, 0.15) is 12.5 Å². The first-order valence-corrected chi connectivity index (χ1v) is 9.34. The van der Waals surface area contributed by atoms with Gasteiger partial charge in [-0.25, -0.2) is 8.42 Å². The molecular formula is C12H16BrNO3S2. The third kappa shape index (κ3) is 3.16. The Hall–Kier alpha value is -0.0800. The van der Waals surface area contributed by atoms with E-state index in [4.69, 9.17) is 5.11 Å². The van der Waals surface area contributed by atoms with Crippen LogP contribution in [0.5, 0.6) is 0 Å². The Labute approximate surface area is 126 Å². The van der Waals surface area contributed by atoms with E-state index >= 15 is 0 Å². The molecule has 1 unspecified atom stereocenters. The molecular weight excluding hydrogens is 350 g/mol. The van der Waals surface area contributed by atoms with E-state index < -0.39 is 10.0 Å². The molecule has 1 fully saturated rings. The predicted octanol–water partition coefficient (Wildman–Crippen LogP) is 2.07. The Morgan fingerprint density at radius 3 is 2.84 bits per heavy atom. The highest BCUT2D eigenvalue weighted by atomic mass is 79.9. The van der Waals surface area contributed by atoms with Crippen molar-refractivity contribution >= 4 is 37.7 Å². The lowest BCUT2D eigenvalue weighted by atomic mass is 10.2. The average Bonchev–Trinajstić information content (AvgIpc) is 2.38. The maximum Gasteiger partial charge on any atom is 0.244 e. The normalized spacial score (nSPS) is 21.5. The summed E-state index contributed by atoms with van der Waals surface area (Å²) in [6, 6.07) is 4.85. The third-order valence-electron chi connectivity index (χ3n) is 3.07. The van der Waals surface area contributed by atoms with Crippen molar-refractivity contribution in [3.05, 3.63) is 28.2 Å². The smallest absolute Gasteiger partial charge is 0.244 e. The molecule has 1 heterocycles. The lowest BCUT2D eigenvalue weighted by Crippen LogP contribution is -2.44. The molecule has 4 nitrogen and oxygen atoms in total. The second-order valence-electron chi connectivity index (χ2n) is 4.46. The van der Waals surface area contributed by atoms with Crippen molar-refractivity contribution in [3.8, 4) is 0 Å². The van der Waals surface area contributed by atoms with Gasteiger partial charge >= 0.3 is 0 Å². The molecule has 1 aromatic carbocycles. The molecule has 1 saturated heterocycles. The monoisotopic (exact) mass is 365 g/mol. The van der Waals surface area contributed by atoms with Gasteiger partial charge in [0, 0.05) is 28.6 Å². The van der Waals surface area contributed by atoms with Crippen LogP contribution in [0.25, 0.3) is 0 Å². The number of sulfonamides is 1. The first-order chi connectivity index (χ1) is 8.96. The number of aliphatic hydroxyl groups is 1. The second kappa shape index (κ2) is 6.13. The van der Waals surface area contributed by atoms with Crippen molar-refractivity contribution in [1.82, 2.24) is 4.31 Å². The minimum Gasteiger partial charge on any atom is -0.392 e. The Bertz CT molecular complexity index is 562. The van der Waals surface area contributed by atoms with Gasteiger partial charge in [-0.1, -0.05) is 6.07 Å². The van der Waals surface area contributed by atoms with E-state index in [-0.39, 0.29) is 17.5 Å². The minimum atomic E-state index is -3.48. The fraction of sp³-hybridized carbons (Fsp3) is 0.500. The molecule has 0 spiro atoms. The van der Waals surface area contributed by atoms with Gasteiger partial charge in [0.2, 0.25) is 10.0 Å². The third-order valence-corrected chi connectivity index (χ3v) is 7.25. The molecule has 2 rings (SSSR count). The number of rotatable bonds is 3. The lowest BCUT2D eigenvalue weighted by Gasteiger charge is -2.32. The van der Waals surface area contributed by atoms with E-state index in [1.165, 1.54) is 0 Å². The lowest BCUT2D eigenvalue weighted by molar-refractivity contribution is 0.281. The predicted molar refractivity (Wildman–Crippen MR) is 80.7 cm³/mol. The molecule has 1 N–H and O–H groups in total. The molecule has 1 atom stereocenters. The van der Waals surface area contributed by atoms with Crippen molar-refractivity contribution in [1.29, 1.82) is 0 Å². The van der Waals surface area contributed by atoms with Gasteiger partial charge in [-0.3, -0.25) is 0 Å². The van der Waals surface area contributed by atoms with Crippen LogP contribution in [0.4, 0.5) is 0 Å². The number of aliphatic hydroxyl groups excluding tert-OH is 1. The molecule has 1 aromatic rings. The highest BCUT2D eigenvalue weighted by molar-refractivity contribution is 9.10. The van der Waals surface area contributed by atoms with Gasteiger partial charge in [0.1, 0.15) is 0 Å². The van der Waals surface area contributed by atoms with Crippen LogP contribution in [0.3, 0.4) is 0 Å². The summed E-state index contributed by atoms with van der Waals surface area (Å²) in [5.41, 5.74) is 0.688. The molecule has 0 bridgehead atoms. The highest BCUT2D eigenvalue weighted by Gasteiger charge is 2.32. The van der Waals surface area contributed by atoms with Gasteiger partial charge in [-0.15, -0.1) is 0 Å². The Morgan fingerprint density at radius 2 is 2.26 bits per heavy atom. The number of hydrogen-bond donors (Lipinski definition) is 1. The molecule has 0 amide bonds. The molecule has 0 aliphatic carbocycles. The summed E-state index contributed by atoms with van der Waals surface area (Å²) in [5.74, 6) is 1.65. The van der Waals surface area contributed by atoms with Gasteiger partial charge in [-0.05, 0) is 40.5 Å². The zero-order chi connectivity index (χ0) is 14.0. The molecule has 19 heavy (non-hydrogen) atoms. The maximum atomic E-state index is 12.6. The summed E-state index contributed by atoms with van der Waals surface area (Å²) in [5, 5.41) is 9.06. The quantitative estimate of drug-likeness (QED) is 0.890. The van der Waals surface area contributed by atoms with Crippen molar-refractivity contribution in [2.24, 2.45) is 0 Å². The van der Waals surface area contributed by atoms with E-state index in [1.807, 2.05) is 6.92 Å². The zero-order valence-electron chi connectivity index (χ0n) is 10.5.